The van der Waals surface area contributed by atoms with E-state index in [1.165, 1.54) is 57.8 Å². The fourth-order valence-corrected chi connectivity index (χ4v) is 2.86. The van der Waals surface area contributed by atoms with Gasteiger partial charge in [0.15, 0.2) is 0 Å². The van der Waals surface area contributed by atoms with Crippen LogP contribution in [0.3, 0.4) is 0 Å². The quantitative estimate of drug-likeness (QED) is 0.582. The van der Waals surface area contributed by atoms with Crippen molar-refractivity contribution in [3.8, 4) is 0 Å². The zero-order valence-electron chi connectivity index (χ0n) is 14.3. The van der Waals surface area contributed by atoms with Crippen LogP contribution >= 0.6 is 0 Å². The largest absolute Gasteiger partial charge is 0.324 e. The number of rotatable bonds is 12. The van der Waals surface area contributed by atoms with Gasteiger partial charge in [0.1, 0.15) is 11.6 Å². The predicted molar refractivity (Wildman–Crippen MR) is 89.2 cm³/mol. The van der Waals surface area contributed by atoms with Gasteiger partial charge in [-0.2, -0.15) is 0 Å². The Morgan fingerprint density at radius 3 is 1.90 bits per heavy atom. The lowest BCUT2D eigenvalue weighted by molar-refractivity contribution is 0.524. The van der Waals surface area contributed by atoms with E-state index in [1.807, 2.05) is 0 Å². The lowest BCUT2D eigenvalue weighted by atomic mass is 10.1. The summed E-state index contributed by atoms with van der Waals surface area (Å²) >= 11 is 0. The van der Waals surface area contributed by atoms with Gasteiger partial charge in [0.2, 0.25) is 0 Å². The average Bonchev–Trinajstić information content (AvgIpc) is 2.88. The van der Waals surface area contributed by atoms with Crippen molar-refractivity contribution in [3.63, 3.8) is 0 Å². The van der Waals surface area contributed by atoms with E-state index in [4.69, 9.17) is 5.73 Å². The highest BCUT2D eigenvalue weighted by atomic mass is 15.3. The Hall–Kier alpha value is -0.900. The lowest BCUT2D eigenvalue weighted by Gasteiger charge is -2.13. The molecule has 1 aromatic rings. The monoisotopic (exact) mass is 294 g/mol. The summed E-state index contributed by atoms with van der Waals surface area (Å²) in [4.78, 5) is 0. The van der Waals surface area contributed by atoms with E-state index in [0.29, 0.717) is 12.6 Å². The van der Waals surface area contributed by atoms with Crippen LogP contribution in [-0.4, -0.2) is 14.8 Å². The van der Waals surface area contributed by atoms with Crippen LogP contribution in [0.4, 0.5) is 0 Å². The minimum atomic E-state index is 0.395. The third kappa shape index (κ3) is 6.60. The summed E-state index contributed by atoms with van der Waals surface area (Å²) in [6, 6.07) is 0.395. The maximum Gasteiger partial charge on any atom is 0.147 e. The molecule has 1 aromatic heterocycles. The lowest BCUT2D eigenvalue weighted by Crippen LogP contribution is -2.13. The highest BCUT2D eigenvalue weighted by molar-refractivity contribution is 4.97. The number of aromatic nitrogens is 3. The standard InChI is InChI=1S/C17H34N4/c1-4-5-6-7-8-9-10-11-12-13-16-19-20-17(14-18)21(16)15(2)3/h15H,4-14,18H2,1-3H3. The molecule has 0 aromatic carbocycles. The normalized spacial score (nSPS) is 11.5. The zero-order chi connectivity index (χ0) is 15.5. The first-order chi connectivity index (χ1) is 10.2. The molecule has 122 valence electrons. The molecular formula is C17H34N4. The van der Waals surface area contributed by atoms with Crippen molar-refractivity contribution >= 4 is 0 Å². The summed E-state index contributed by atoms with van der Waals surface area (Å²) in [6.07, 6.45) is 13.2. The topological polar surface area (TPSA) is 56.7 Å². The van der Waals surface area contributed by atoms with E-state index < -0.39 is 0 Å². The Balaban J connectivity index is 2.17. The molecule has 4 heteroatoms. The molecule has 0 aliphatic heterocycles. The molecule has 2 N–H and O–H groups in total. The SMILES string of the molecule is CCCCCCCCCCCc1nnc(CN)n1C(C)C. The summed E-state index contributed by atoms with van der Waals surface area (Å²) in [5, 5.41) is 8.51. The van der Waals surface area contributed by atoms with Crippen molar-refractivity contribution in [3.05, 3.63) is 11.6 Å². The minimum absolute atomic E-state index is 0.395. The van der Waals surface area contributed by atoms with Gasteiger partial charge in [0.25, 0.3) is 0 Å². The van der Waals surface area contributed by atoms with Crippen LogP contribution in [0, 0.1) is 0 Å². The highest BCUT2D eigenvalue weighted by Crippen LogP contribution is 2.15. The van der Waals surface area contributed by atoms with Gasteiger partial charge < -0.3 is 10.3 Å². The molecule has 0 unspecified atom stereocenters. The third-order valence-electron chi connectivity index (χ3n) is 4.04. The summed E-state index contributed by atoms with van der Waals surface area (Å²) in [5.41, 5.74) is 5.72. The Morgan fingerprint density at radius 1 is 0.857 bits per heavy atom. The predicted octanol–water partition coefficient (Wildman–Crippen LogP) is 4.39. The molecule has 1 rings (SSSR count). The molecule has 4 nitrogen and oxygen atoms in total. The molecule has 0 radical (unpaired) electrons. The number of nitrogens with zero attached hydrogens (tertiary/aromatic N) is 3. The molecule has 1 heterocycles. The Morgan fingerprint density at radius 2 is 1.38 bits per heavy atom. The van der Waals surface area contributed by atoms with Crippen molar-refractivity contribution in [2.75, 3.05) is 0 Å². The smallest absolute Gasteiger partial charge is 0.147 e. The first-order valence-corrected chi connectivity index (χ1v) is 8.83. The van der Waals surface area contributed by atoms with Crippen LogP contribution in [0.15, 0.2) is 0 Å². The van der Waals surface area contributed by atoms with E-state index in [-0.39, 0.29) is 0 Å². The summed E-state index contributed by atoms with van der Waals surface area (Å²) in [6.45, 7) is 7.08. The van der Waals surface area contributed by atoms with E-state index in [0.717, 1.165) is 18.1 Å². The average molecular weight is 294 g/mol. The van der Waals surface area contributed by atoms with Crippen molar-refractivity contribution in [2.45, 2.75) is 97.6 Å². The van der Waals surface area contributed by atoms with Gasteiger partial charge in [0.05, 0.1) is 6.54 Å². The molecule has 0 aliphatic carbocycles. The van der Waals surface area contributed by atoms with Crippen molar-refractivity contribution in [1.29, 1.82) is 0 Å². The van der Waals surface area contributed by atoms with Crippen LogP contribution < -0.4 is 5.73 Å². The molecule has 0 amide bonds. The minimum Gasteiger partial charge on any atom is -0.324 e. The Bertz CT molecular complexity index is 371. The first kappa shape index (κ1) is 18.1. The van der Waals surface area contributed by atoms with Crippen LogP contribution in [0.5, 0.6) is 0 Å². The summed E-state index contributed by atoms with van der Waals surface area (Å²) in [5.74, 6) is 2.02. The Labute approximate surface area is 130 Å². The van der Waals surface area contributed by atoms with Gasteiger partial charge in [-0.3, -0.25) is 0 Å². The van der Waals surface area contributed by atoms with Crippen LogP contribution in [0.25, 0.3) is 0 Å². The molecule has 0 atom stereocenters. The third-order valence-corrected chi connectivity index (χ3v) is 4.04. The molecule has 0 fully saturated rings. The van der Waals surface area contributed by atoms with E-state index in [2.05, 4.69) is 35.5 Å². The molecule has 21 heavy (non-hydrogen) atoms. The number of nitrogens with two attached hydrogens (primary N) is 1. The number of hydrogen-bond acceptors (Lipinski definition) is 3. The maximum atomic E-state index is 5.72. The Kier molecular flexibility index (Phi) is 9.31. The zero-order valence-corrected chi connectivity index (χ0v) is 14.3. The second-order valence-electron chi connectivity index (χ2n) is 6.28. The summed E-state index contributed by atoms with van der Waals surface area (Å²) in [7, 11) is 0. The van der Waals surface area contributed by atoms with Crippen molar-refractivity contribution < 1.29 is 0 Å². The van der Waals surface area contributed by atoms with Gasteiger partial charge >= 0.3 is 0 Å². The van der Waals surface area contributed by atoms with Gasteiger partial charge in [-0.05, 0) is 20.3 Å². The second kappa shape index (κ2) is 10.8. The molecular weight excluding hydrogens is 260 g/mol. The van der Waals surface area contributed by atoms with Gasteiger partial charge in [-0.1, -0.05) is 58.3 Å². The molecule has 0 saturated carbocycles. The maximum absolute atomic E-state index is 5.72. The van der Waals surface area contributed by atoms with E-state index in [9.17, 15) is 0 Å². The first-order valence-electron chi connectivity index (χ1n) is 8.83. The van der Waals surface area contributed by atoms with Crippen LogP contribution in [0.1, 0.15) is 96.2 Å². The van der Waals surface area contributed by atoms with Crippen molar-refractivity contribution in [2.24, 2.45) is 5.73 Å². The highest BCUT2D eigenvalue weighted by Gasteiger charge is 2.12. The van der Waals surface area contributed by atoms with Crippen LogP contribution in [0.2, 0.25) is 0 Å². The fraction of sp³-hybridized carbons (Fsp3) is 0.882. The number of aryl methyl sites for hydroxylation is 1. The number of hydrogen-bond donors (Lipinski definition) is 1. The van der Waals surface area contributed by atoms with Gasteiger partial charge in [-0.15, -0.1) is 10.2 Å². The summed E-state index contributed by atoms with van der Waals surface area (Å²) < 4.78 is 2.20. The molecule has 0 aliphatic rings. The molecule has 0 saturated heterocycles. The van der Waals surface area contributed by atoms with Gasteiger partial charge in [0, 0.05) is 12.5 Å². The van der Waals surface area contributed by atoms with E-state index in [1.54, 1.807) is 0 Å². The van der Waals surface area contributed by atoms with Crippen LogP contribution in [-0.2, 0) is 13.0 Å². The number of unbranched alkanes of at least 4 members (excludes halogenated alkanes) is 8. The molecule has 0 spiro atoms. The fourth-order valence-electron chi connectivity index (χ4n) is 2.86. The van der Waals surface area contributed by atoms with Crippen molar-refractivity contribution in [1.82, 2.24) is 14.8 Å². The van der Waals surface area contributed by atoms with Gasteiger partial charge in [-0.25, -0.2) is 0 Å². The molecule has 0 bridgehead atoms. The second-order valence-corrected chi connectivity index (χ2v) is 6.28. The van der Waals surface area contributed by atoms with E-state index >= 15 is 0 Å².